The summed E-state index contributed by atoms with van der Waals surface area (Å²) >= 11 is 0. The normalized spacial score (nSPS) is 18.5. The van der Waals surface area contributed by atoms with Gasteiger partial charge < -0.3 is 19.7 Å². The van der Waals surface area contributed by atoms with E-state index in [1.807, 2.05) is 25.1 Å². The van der Waals surface area contributed by atoms with Crippen LogP contribution in [0, 0.1) is 6.92 Å². The fraction of sp³-hybridized carbons (Fsp3) is 0.471. The third kappa shape index (κ3) is 4.24. The van der Waals surface area contributed by atoms with Crippen LogP contribution in [0.4, 0.5) is 0 Å². The van der Waals surface area contributed by atoms with Gasteiger partial charge in [-0.25, -0.2) is 0 Å². The zero-order valence-electron chi connectivity index (χ0n) is 14.1. The summed E-state index contributed by atoms with van der Waals surface area (Å²) in [7, 11) is 1.25. The molecule has 1 aromatic rings. The molecule has 1 heterocycles. The van der Waals surface area contributed by atoms with Crippen molar-refractivity contribution in [1.29, 1.82) is 0 Å². The summed E-state index contributed by atoms with van der Waals surface area (Å²) in [6.45, 7) is 4.24. The van der Waals surface area contributed by atoms with Crippen molar-refractivity contribution in [2.45, 2.75) is 32.4 Å². The lowest BCUT2D eigenvalue weighted by molar-refractivity contribution is -0.153. The highest BCUT2D eigenvalue weighted by atomic mass is 16.5. The minimum atomic E-state index is -0.873. The van der Waals surface area contributed by atoms with Crippen molar-refractivity contribution in [3.63, 3.8) is 0 Å². The second-order valence-electron chi connectivity index (χ2n) is 5.70. The summed E-state index contributed by atoms with van der Waals surface area (Å²) in [5.41, 5.74) is 1.02. The standard InChI is InChI=1S/C17H22N2O5/c1-11-5-4-6-13(9-11)24-12(2)17(22)19-8-7-18-16(21)14(19)10-15(20)23-3/h4-6,9,12,14H,7-8,10H2,1-3H3,(H,18,21)/t12-,14+/m0/s1. The van der Waals surface area contributed by atoms with E-state index in [-0.39, 0.29) is 18.2 Å². The van der Waals surface area contributed by atoms with Crippen LogP contribution in [0.5, 0.6) is 5.75 Å². The molecular formula is C17H22N2O5. The molecule has 0 unspecified atom stereocenters. The quantitative estimate of drug-likeness (QED) is 0.799. The summed E-state index contributed by atoms with van der Waals surface area (Å²) in [5, 5.41) is 2.66. The Morgan fingerprint density at radius 1 is 1.42 bits per heavy atom. The van der Waals surface area contributed by atoms with Gasteiger partial charge in [0.05, 0.1) is 13.5 Å². The highest BCUT2D eigenvalue weighted by Crippen LogP contribution is 2.17. The largest absolute Gasteiger partial charge is 0.481 e. The van der Waals surface area contributed by atoms with Crippen molar-refractivity contribution in [2.24, 2.45) is 0 Å². The van der Waals surface area contributed by atoms with Crippen molar-refractivity contribution < 1.29 is 23.9 Å². The lowest BCUT2D eigenvalue weighted by Gasteiger charge is -2.35. The Labute approximate surface area is 140 Å². The van der Waals surface area contributed by atoms with E-state index < -0.39 is 18.1 Å². The number of rotatable bonds is 5. The van der Waals surface area contributed by atoms with Crippen molar-refractivity contribution in [1.82, 2.24) is 10.2 Å². The molecule has 0 spiro atoms. The molecule has 0 aromatic heterocycles. The molecule has 1 fully saturated rings. The Morgan fingerprint density at radius 2 is 2.17 bits per heavy atom. The number of hydrogen-bond acceptors (Lipinski definition) is 5. The van der Waals surface area contributed by atoms with Gasteiger partial charge in [-0.3, -0.25) is 14.4 Å². The number of aryl methyl sites for hydroxylation is 1. The predicted molar refractivity (Wildman–Crippen MR) is 86.4 cm³/mol. The number of methoxy groups -OCH3 is 1. The highest BCUT2D eigenvalue weighted by Gasteiger charge is 2.37. The number of carbonyl (C=O) groups excluding carboxylic acids is 3. The van der Waals surface area contributed by atoms with Gasteiger partial charge in [-0.1, -0.05) is 12.1 Å². The van der Waals surface area contributed by atoms with E-state index in [4.69, 9.17) is 4.74 Å². The van der Waals surface area contributed by atoms with Gasteiger partial charge in [0.15, 0.2) is 6.10 Å². The number of ether oxygens (including phenoxy) is 2. The van der Waals surface area contributed by atoms with E-state index in [0.29, 0.717) is 18.8 Å². The highest BCUT2D eigenvalue weighted by molar-refractivity contribution is 5.93. The molecule has 0 radical (unpaired) electrons. The number of nitrogens with zero attached hydrogens (tertiary/aromatic N) is 1. The first kappa shape index (κ1) is 17.8. The smallest absolute Gasteiger partial charge is 0.308 e. The van der Waals surface area contributed by atoms with Gasteiger partial charge in [0.2, 0.25) is 5.91 Å². The van der Waals surface area contributed by atoms with Crippen LogP contribution in [-0.4, -0.2) is 55.0 Å². The van der Waals surface area contributed by atoms with E-state index in [0.717, 1.165) is 5.56 Å². The Hall–Kier alpha value is -2.57. The molecular weight excluding hydrogens is 312 g/mol. The SMILES string of the molecule is COC(=O)C[C@@H]1C(=O)NCCN1C(=O)[C@H](C)Oc1cccc(C)c1. The van der Waals surface area contributed by atoms with Crippen LogP contribution in [-0.2, 0) is 19.1 Å². The number of amides is 2. The Morgan fingerprint density at radius 3 is 2.83 bits per heavy atom. The number of piperazine rings is 1. The van der Waals surface area contributed by atoms with Crippen LogP contribution < -0.4 is 10.1 Å². The summed E-state index contributed by atoms with van der Waals surface area (Å²) < 4.78 is 10.3. The summed E-state index contributed by atoms with van der Waals surface area (Å²) in [6.07, 6.45) is -0.941. The average Bonchev–Trinajstić information content (AvgIpc) is 2.55. The molecule has 0 bridgehead atoms. The van der Waals surface area contributed by atoms with Gasteiger partial charge in [-0.15, -0.1) is 0 Å². The summed E-state index contributed by atoms with van der Waals surface area (Å²) in [4.78, 5) is 37.6. The minimum absolute atomic E-state index is 0.175. The molecule has 0 aliphatic carbocycles. The number of esters is 1. The fourth-order valence-corrected chi connectivity index (χ4v) is 2.60. The monoisotopic (exact) mass is 334 g/mol. The van der Waals surface area contributed by atoms with Crippen LogP contribution >= 0.6 is 0 Å². The van der Waals surface area contributed by atoms with E-state index >= 15 is 0 Å². The fourth-order valence-electron chi connectivity index (χ4n) is 2.60. The molecule has 0 saturated carbocycles. The molecule has 1 aliphatic rings. The van der Waals surface area contributed by atoms with E-state index in [2.05, 4.69) is 10.1 Å². The van der Waals surface area contributed by atoms with E-state index in [1.165, 1.54) is 12.0 Å². The van der Waals surface area contributed by atoms with Crippen LogP contribution in [0.3, 0.4) is 0 Å². The van der Waals surface area contributed by atoms with Gasteiger partial charge in [0, 0.05) is 13.1 Å². The van der Waals surface area contributed by atoms with Gasteiger partial charge in [-0.05, 0) is 31.5 Å². The van der Waals surface area contributed by atoms with Crippen molar-refractivity contribution in [2.75, 3.05) is 20.2 Å². The molecule has 2 atom stereocenters. The Balaban J connectivity index is 2.09. The first-order valence-electron chi connectivity index (χ1n) is 7.80. The maximum absolute atomic E-state index is 12.7. The lowest BCUT2D eigenvalue weighted by atomic mass is 10.1. The molecule has 1 aromatic carbocycles. The number of carbonyl (C=O) groups is 3. The lowest BCUT2D eigenvalue weighted by Crippen LogP contribution is -2.60. The van der Waals surface area contributed by atoms with Gasteiger partial charge in [0.1, 0.15) is 11.8 Å². The summed E-state index contributed by atoms with van der Waals surface area (Å²) in [6, 6.07) is 6.50. The average molecular weight is 334 g/mol. The zero-order chi connectivity index (χ0) is 17.7. The van der Waals surface area contributed by atoms with E-state index in [1.54, 1.807) is 13.0 Å². The predicted octanol–water partition coefficient (Wildman–Crippen LogP) is 0.652. The molecule has 24 heavy (non-hydrogen) atoms. The van der Waals surface area contributed by atoms with Crippen molar-refractivity contribution in [3.8, 4) is 5.75 Å². The van der Waals surface area contributed by atoms with Crippen LogP contribution in [0.15, 0.2) is 24.3 Å². The van der Waals surface area contributed by atoms with Crippen LogP contribution in [0.25, 0.3) is 0 Å². The molecule has 7 nitrogen and oxygen atoms in total. The number of benzene rings is 1. The third-order valence-electron chi connectivity index (χ3n) is 3.85. The molecule has 2 amide bonds. The molecule has 2 rings (SSSR count). The van der Waals surface area contributed by atoms with Crippen LogP contribution in [0.1, 0.15) is 18.9 Å². The van der Waals surface area contributed by atoms with Crippen molar-refractivity contribution in [3.05, 3.63) is 29.8 Å². The van der Waals surface area contributed by atoms with Gasteiger partial charge >= 0.3 is 5.97 Å². The topological polar surface area (TPSA) is 84.9 Å². The maximum atomic E-state index is 12.7. The second kappa shape index (κ2) is 7.81. The molecule has 130 valence electrons. The van der Waals surface area contributed by atoms with E-state index in [9.17, 15) is 14.4 Å². The molecule has 1 saturated heterocycles. The third-order valence-corrected chi connectivity index (χ3v) is 3.85. The number of nitrogens with one attached hydrogen (secondary N) is 1. The molecule has 1 aliphatic heterocycles. The Bertz CT molecular complexity index is 631. The molecule has 1 N–H and O–H groups in total. The first-order valence-corrected chi connectivity index (χ1v) is 7.80. The van der Waals surface area contributed by atoms with Crippen LogP contribution in [0.2, 0.25) is 0 Å². The first-order chi connectivity index (χ1) is 11.4. The second-order valence-corrected chi connectivity index (χ2v) is 5.70. The minimum Gasteiger partial charge on any atom is -0.481 e. The number of hydrogen-bond donors (Lipinski definition) is 1. The maximum Gasteiger partial charge on any atom is 0.308 e. The van der Waals surface area contributed by atoms with Crippen molar-refractivity contribution >= 4 is 17.8 Å². The Kier molecular flexibility index (Phi) is 5.78. The summed E-state index contributed by atoms with van der Waals surface area (Å²) in [5.74, 6) is -0.646. The zero-order valence-corrected chi connectivity index (χ0v) is 14.1. The van der Waals surface area contributed by atoms with Gasteiger partial charge in [-0.2, -0.15) is 0 Å². The molecule has 7 heteroatoms. The van der Waals surface area contributed by atoms with Gasteiger partial charge in [0.25, 0.3) is 5.91 Å².